The summed E-state index contributed by atoms with van der Waals surface area (Å²) < 4.78 is 0. The van der Waals surface area contributed by atoms with E-state index >= 15 is 0 Å². The van der Waals surface area contributed by atoms with E-state index in [0.29, 0.717) is 12.3 Å². The maximum atomic E-state index is 8.76. The van der Waals surface area contributed by atoms with E-state index in [4.69, 9.17) is 5.26 Å². The molecule has 1 aromatic rings. The molecule has 2 nitrogen and oxygen atoms in total. The molecule has 98 valence electrons. The van der Waals surface area contributed by atoms with Gasteiger partial charge < -0.3 is 4.90 Å². The molecule has 0 radical (unpaired) electrons. The van der Waals surface area contributed by atoms with E-state index in [1.807, 2.05) is 18.2 Å². The molecule has 0 saturated carbocycles. The number of thiol groups is 1. The van der Waals surface area contributed by atoms with E-state index in [9.17, 15) is 0 Å². The maximum Gasteiger partial charge on any atom is 0.0640 e. The van der Waals surface area contributed by atoms with Gasteiger partial charge >= 0.3 is 0 Å². The first-order valence-electron chi connectivity index (χ1n) is 6.59. The molecule has 0 N–H and O–H groups in total. The molecule has 18 heavy (non-hydrogen) atoms. The second-order valence-electron chi connectivity index (χ2n) is 4.53. The summed E-state index contributed by atoms with van der Waals surface area (Å²) in [4.78, 5) is 2.31. The normalized spacial score (nSPS) is 11.8. The molecule has 1 atom stereocenters. The fourth-order valence-corrected chi connectivity index (χ4v) is 2.41. The highest BCUT2D eigenvalue weighted by molar-refractivity contribution is 7.80. The van der Waals surface area contributed by atoms with Crippen molar-refractivity contribution in [1.82, 2.24) is 0 Å². The molecule has 0 amide bonds. The van der Waals surface area contributed by atoms with Gasteiger partial charge in [0.2, 0.25) is 0 Å². The summed E-state index contributed by atoms with van der Waals surface area (Å²) in [6, 6.07) is 12.6. The number of hydrogen-bond acceptors (Lipinski definition) is 3. The van der Waals surface area contributed by atoms with Crippen LogP contribution in [0.25, 0.3) is 0 Å². The van der Waals surface area contributed by atoms with E-state index < -0.39 is 0 Å². The SMILES string of the molecule is CCCC(CS)CN(CCC#N)c1ccccc1. The molecular formula is C15H22N2S. The van der Waals surface area contributed by atoms with Gasteiger partial charge in [-0.25, -0.2) is 0 Å². The number of hydrogen-bond donors (Lipinski definition) is 1. The minimum atomic E-state index is 0.570. The zero-order valence-electron chi connectivity index (χ0n) is 11.0. The second kappa shape index (κ2) is 8.88. The maximum absolute atomic E-state index is 8.76. The number of benzene rings is 1. The van der Waals surface area contributed by atoms with Gasteiger partial charge in [0.15, 0.2) is 0 Å². The van der Waals surface area contributed by atoms with Gasteiger partial charge in [0.1, 0.15) is 0 Å². The first-order chi connectivity index (χ1) is 8.81. The second-order valence-corrected chi connectivity index (χ2v) is 4.89. The standard InChI is InChI=1S/C15H22N2S/c1-2-7-14(13-18)12-17(11-6-10-16)15-8-4-3-5-9-15/h3-5,8-9,14,18H,2,6-7,11-13H2,1H3. The average Bonchev–Trinajstić information content (AvgIpc) is 2.43. The van der Waals surface area contributed by atoms with E-state index in [-0.39, 0.29) is 0 Å². The van der Waals surface area contributed by atoms with Crippen molar-refractivity contribution in [1.29, 1.82) is 5.26 Å². The first-order valence-corrected chi connectivity index (χ1v) is 7.22. The van der Waals surface area contributed by atoms with Crippen LogP contribution in [-0.4, -0.2) is 18.8 Å². The van der Waals surface area contributed by atoms with E-state index in [1.165, 1.54) is 18.5 Å². The summed E-state index contributed by atoms with van der Waals surface area (Å²) in [5.74, 6) is 1.50. The Morgan fingerprint density at radius 3 is 2.61 bits per heavy atom. The predicted octanol–water partition coefficient (Wildman–Crippen LogP) is 3.75. The Hall–Kier alpha value is -1.14. The molecule has 0 saturated heterocycles. The molecule has 1 rings (SSSR count). The Kier molecular flexibility index (Phi) is 7.36. The smallest absolute Gasteiger partial charge is 0.0640 e. The van der Waals surface area contributed by atoms with Gasteiger partial charge in [-0.05, 0) is 30.2 Å². The van der Waals surface area contributed by atoms with Gasteiger partial charge in [0.25, 0.3) is 0 Å². The van der Waals surface area contributed by atoms with Crippen LogP contribution < -0.4 is 4.90 Å². The average molecular weight is 262 g/mol. The van der Waals surface area contributed by atoms with Gasteiger partial charge in [-0.15, -0.1) is 0 Å². The molecule has 0 heterocycles. The van der Waals surface area contributed by atoms with E-state index in [0.717, 1.165) is 18.8 Å². The van der Waals surface area contributed by atoms with Crippen LogP contribution in [0.15, 0.2) is 30.3 Å². The molecule has 0 spiro atoms. The van der Waals surface area contributed by atoms with Crippen LogP contribution in [-0.2, 0) is 0 Å². The van der Waals surface area contributed by atoms with Crippen molar-refractivity contribution in [2.45, 2.75) is 26.2 Å². The minimum Gasteiger partial charge on any atom is -0.370 e. The number of anilines is 1. The fourth-order valence-electron chi connectivity index (χ4n) is 2.11. The summed E-state index contributed by atoms with van der Waals surface area (Å²) in [5.41, 5.74) is 1.20. The van der Waals surface area contributed by atoms with Gasteiger partial charge in [-0.2, -0.15) is 17.9 Å². The third-order valence-electron chi connectivity index (χ3n) is 3.05. The Balaban J connectivity index is 2.69. The van der Waals surface area contributed by atoms with Crippen molar-refractivity contribution in [3.05, 3.63) is 30.3 Å². The highest BCUT2D eigenvalue weighted by Gasteiger charge is 2.12. The molecule has 0 aliphatic heterocycles. The lowest BCUT2D eigenvalue weighted by Gasteiger charge is -2.28. The first kappa shape index (κ1) is 14.9. The molecular weight excluding hydrogens is 240 g/mol. The molecule has 3 heteroatoms. The predicted molar refractivity (Wildman–Crippen MR) is 81.1 cm³/mol. The van der Waals surface area contributed by atoms with Crippen molar-refractivity contribution in [3.8, 4) is 6.07 Å². The minimum absolute atomic E-state index is 0.570. The van der Waals surface area contributed by atoms with Crippen LogP contribution in [0, 0.1) is 17.2 Å². The van der Waals surface area contributed by atoms with Gasteiger partial charge in [0, 0.05) is 18.8 Å². The third kappa shape index (κ3) is 5.01. The summed E-state index contributed by atoms with van der Waals surface area (Å²) in [5, 5.41) is 8.76. The number of nitrogens with zero attached hydrogens (tertiary/aromatic N) is 2. The van der Waals surface area contributed by atoms with E-state index in [1.54, 1.807) is 0 Å². The van der Waals surface area contributed by atoms with Gasteiger partial charge in [-0.1, -0.05) is 31.5 Å². The van der Waals surface area contributed by atoms with Crippen molar-refractivity contribution in [2.24, 2.45) is 5.92 Å². The molecule has 0 aromatic heterocycles. The van der Waals surface area contributed by atoms with Crippen molar-refractivity contribution in [2.75, 3.05) is 23.7 Å². The largest absolute Gasteiger partial charge is 0.370 e. The summed E-state index contributed by atoms with van der Waals surface area (Å²) >= 11 is 4.44. The molecule has 0 aliphatic rings. The van der Waals surface area contributed by atoms with Crippen molar-refractivity contribution >= 4 is 18.3 Å². The van der Waals surface area contributed by atoms with Crippen LogP contribution in [0.4, 0.5) is 5.69 Å². The highest BCUT2D eigenvalue weighted by atomic mass is 32.1. The molecule has 0 fully saturated rings. The Morgan fingerprint density at radius 1 is 1.33 bits per heavy atom. The molecule has 1 aromatic carbocycles. The van der Waals surface area contributed by atoms with Crippen LogP contribution in [0.1, 0.15) is 26.2 Å². The zero-order valence-corrected chi connectivity index (χ0v) is 11.9. The topological polar surface area (TPSA) is 27.0 Å². The van der Waals surface area contributed by atoms with Gasteiger partial charge in [-0.3, -0.25) is 0 Å². The molecule has 0 aliphatic carbocycles. The Bertz CT molecular complexity index is 359. The molecule has 0 bridgehead atoms. The summed E-state index contributed by atoms with van der Waals surface area (Å²) in [6.45, 7) is 4.00. The monoisotopic (exact) mass is 262 g/mol. The van der Waals surface area contributed by atoms with Crippen molar-refractivity contribution in [3.63, 3.8) is 0 Å². The van der Waals surface area contributed by atoms with Crippen molar-refractivity contribution < 1.29 is 0 Å². The lowest BCUT2D eigenvalue weighted by molar-refractivity contribution is 0.521. The van der Waals surface area contributed by atoms with Crippen LogP contribution in [0.3, 0.4) is 0 Å². The van der Waals surface area contributed by atoms with Crippen LogP contribution in [0.5, 0.6) is 0 Å². The lowest BCUT2D eigenvalue weighted by Crippen LogP contribution is -2.31. The van der Waals surface area contributed by atoms with E-state index in [2.05, 4.69) is 42.7 Å². The van der Waals surface area contributed by atoms with Crippen LogP contribution in [0.2, 0.25) is 0 Å². The Morgan fingerprint density at radius 2 is 2.06 bits per heavy atom. The molecule has 1 unspecified atom stereocenters. The fraction of sp³-hybridized carbons (Fsp3) is 0.533. The van der Waals surface area contributed by atoms with Gasteiger partial charge in [0.05, 0.1) is 12.5 Å². The quantitative estimate of drug-likeness (QED) is 0.722. The third-order valence-corrected chi connectivity index (χ3v) is 3.56. The number of para-hydroxylation sites is 1. The summed E-state index contributed by atoms with van der Waals surface area (Å²) in [7, 11) is 0. The Labute approximate surface area is 116 Å². The number of nitriles is 1. The summed E-state index contributed by atoms with van der Waals surface area (Å²) in [6.07, 6.45) is 2.95. The highest BCUT2D eigenvalue weighted by Crippen LogP contribution is 2.18. The van der Waals surface area contributed by atoms with Crippen LogP contribution >= 0.6 is 12.6 Å². The number of rotatable bonds is 8. The lowest BCUT2D eigenvalue weighted by atomic mass is 10.0. The zero-order chi connectivity index (χ0) is 13.2.